The van der Waals surface area contributed by atoms with Crippen molar-refractivity contribution in [1.29, 1.82) is 0 Å². The van der Waals surface area contributed by atoms with Gasteiger partial charge in [0.2, 0.25) is 11.8 Å². The molecule has 0 fully saturated rings. The summed E-state index contributed by atoms with van der Waals surface area (Å²) in [4.78, 5) is 28.6. The number of nitrogens with zero attached hydrogens (tertiary/aromatic N) is 6. The van der Waals surface area contributed by atoms with Gasteiger partial charge in [0.05, 0.1) is 32.8 Å². The van der Waals surface area contributed by atoms with E-state index in [1.165, 1.54) is 17.0 Å². The van der Waals surface area contributed by atoms with Crippen molar-refractivity contribution in [3.8, 4) is 28.8 Å². The molecule has 12 nitrogen and oxygen atoms in total. The fraction of sp³-hybridized carbons (Fsp3) is 0.333. The van der Waals surface area contributed by atoms with Gasteiger partial charge in [-0.05, 0) is 30.2 Å². The normalized spacial score (nSPS) is 11.0. The molecule has 0 aliphatic carbocycles. The summed E-state index contributed by atoms with van der Waals surface area (Å²) in [6, 6.07) is 10.3. The fourth-order valence-corrected chi connectivity index (χ4v) is 3.44. The first-order valence-electron chi connectivity index (χ1n) is 11.3. The molecule has 1 N–H and O–H groups in total. The summed E-state index contributed by atoms with van der Waals surface area (Å²) in [5.74, 6) is 1.82. The largest absolute Gasteiger partial charge is 0.493 e. The first kappa shape index (κ1) is 24.6. The summed E-state index contributed by atoms with van der Waals surface area (Å²) in [6.45, 7) is 4.19. The maximum atomic E-state index is 12.2. The molecule has 0 radical (unpaired) electrons. The number of ether oxygens (including phenoxy) is 3. The zero-order valence-electron chi connectivity index (χ0n) is 20.5. The van der Waals surface area contributed by atoms with E-state index in [4.69, 9.17) is 14.2 Å². The molecule has 0 atom stereocenters. The Kier molecular flexibility index (Phi) is 7.42. The van der Waals surface area contributed by atoms with Crippen molar-refractivity contribution < 1.29 is 19.0 Å². The van der Waals surface area contributed by atoms with Crippen molar-refractivity contribution in [3.05, 3.63) is 58.8 Å². The Labute approximate surface area is 206 Å². The lowest BCUT2D eigenvalue weighted by atomic mass is 10.1. The number of carbonyl (C=O) groups is 1. The monoisotopic (exact) mass is 493 g/mol. The number of aromatic nitrogens is 6. The first-order chi connectivity index (χ1) is 17.4. The molecule has 3 aromatic heterocycles. The van der Waals surface area contributed by atoms with Gasteiger partial charge in [-0.3, -0.25) is 14.2 Å². The van der Waals surface area contributed by atoms with Gasteiger partial charge in [-0.15, -0.1) is 15.3 Å². The van der Waals surface area contributed by atoms with Gasteiger partial charge in [0.25, 0.3) is 5.56 Å². The van der Waals surface area contributed by atoms with Crippen LogP contribution in [-0.2, 0) is 11.3 Å². The number of benzene rings is 1. The SMILES string of the molecule is COc1ccc(-c2nnc3ccc(OCCNC(=O)Cn4cnc(C(C)C)cc4=O)nn23)cc1OC. The molecule has 3 heterocycles. The Morgan fingerprint density at radius 1 is 1.06 bits per heavy atom. The van der Waals surface area contributed by atoms with Crippen LogP contribution in [0.2, 0.25) is 0 Å². The Hall–Kier alpha value is -4.48. The number of hydrogen-bond donors (Lipinski definition) is 1. The van der Waals surface area contributed by atoms with Crippen LogP contribution >= 0.6 is 0 Å². The maximum absolute atomic E-state index is 12.2. The highest BCUT2D eigenvalue weighted by Crippen LogP contribution is 2.31. The maximum Gasteiger partial charge on any atom is 0.254 e. The molecule has 188 valence electrons. The summed E-state index contributed by atoms with van der Waals surface area (Å²) < 4.78 is 19.2. The summed E-state index contributed by atoms with van der Waals surface area (Å²) in [6.07, 6.45) is 1.39. The third-order valence-electron chi connectivity index (χ3n) is 5.36. The molecule has 0 saturated heterocycles. The third-order valence-corrected chi connectivity index (χ3v) is 5.36. The second-order valence-electron chi connectivity index (χ2n) is 8.17. The molecule has 1 amide bonds. The minimum atomic E-state index is -0.322. The van der Waals surface area contributed by atoms with Gasteiger partial charge in [0.1, 0.15) is 13.2 Å². The molecular formula is C24H27N7O5. The zero-order chi connectivity index (χ0) is 25.7. The topological polar surface area (TPSA) is 135 Å². The van der Waals surface area contributed by atoms with Crippen LogP contribution in [-0.4, -0.2) is 62.6 Å². The van der Waals surface area contributed by atoms with E-state index in [9.17, 15) is 9.59 Å². The second kappa shape index (κ2) is 10.8. The van der Waals surface area contributed by atoms with Crippen molar-refractivity contribution >= 4 is 11.6 Å². The van der Waals surface area contributed by atoms with Gasteiger partial charge in [-0.2, -0.15) is 4.52 Å². The van der Waals surface area contributed by atoms with Crippen molar-refractivity contribution in [1.82, 2.24) is 34.7 Å². The van der Waals surface area contributed by atoms with E-state index in [0.29, 0.717) is 34.5 Å². The number of methoxy groups -OCH3 is 2. The Morgan fingerprint density at radius 2 is 1.86 bits per heavy atom. The highest BCUT2D eigenvalue weighted by molar-refractivity contribution is 5.75. The van der Waals surface area contributed by atoms with Gasteiger partial charge < -0.3 is 19.5 Å². The Morgan fingerprint density at radius 3 is 2.58 bits per heavy atom. The van der Waals surface area contributed by atoms with Gasteiger partial charge >= 0.3 is 0 Å². The predicted octanol–water partition coefficient (Wildman–Crippen LogP) is 1.68. The quantitative estimate of drug-likeness (QED) is 0.327. The van der Waals surface area contributed by atoms with E-state index in [1.807, 2.05) is 19.9 Å². The molecule has 0 aliphatic rings. The zero-order valence-corrected chi connectivity index (χ0v) is 20.5. The van der Waals surface area contributed by atoms with Crippen LogP contribution in [0.1, 0.15) is 25.5 Å². The molecule has 0 saturated carbocycles. The molecule has 4 rings (SSSR count). The number of fused-ring (bicyclic) bond motifs is 1. The van der Waals surface area contributed by atoms with E-state index in [1.54, 1.807) is 43.0 Å². The number of amides is 1. The Balaban J connectivity index is 1.36. The molecule has 0 bridgehead atoms. The van der Waals surface area contributed by atoms with Crippen molar-refractivity contribution in [2.24, 2.45) is 0 Å². The van der Waals surface area contributed by atoms with Gasteiger partial charge in [0.15, 0.2) is 23.0 Å². The van der Waals surface area contributed by atoms with E-state index >= 15 is 0 Å². The number of hydrogen-bond acceptors (Lipinski definition) is 9. The lowest BCUT2D eigenvalue weighted by Gasteiger charge is -2.10. The molecule has 0 spiro atoms. The molecule has 1 aromatic carbocycles. The van der Waals surface area contributed by atoms with Crippen molar-refractivity contribution in [3.63, 3.8) is 0 Å². The molecule has 36 heavy (non-hydrogen) atoms. The summed E-state index contributed by atoms with van der Waals surface area (Å²) in [7, 11) is 3.13. The average Bonchev–Trinajstić information content (AvgIpc) is 3.30. The van der Waals surface area contributed by atoms with Crippen LogP contribution in [0.4, 0.5) is 0 Å². The smallest absolute Gasteiger partial charge is 0.254 e. The highest BCUT2D eigenvalue weighted by Gasteiger charge is 2.14. The van der Waals surface area contributed by atoms with Crippen LogP contribution in [0.25, 0.3) is 17.0 Å². The van der Waals surface area contributed by atoms with Crippen LogP contribution in [0.3, 0.4) is 0 Å². The number of rotatable bonds is 10. The van der Waals surface area contributed by atoms with E-state index < -0.39 is 0 Å². The third kappa shape index (κ3) is 5.43. The minimum Gasteiger partial charge on any atom is -0.493 e. The minimum absolute atomic E-state index is 0.121. The molecule has 4 aromatic rings. The van der Waals surface area contributed by atoms with E-state index in [-0.39, 0.29) is 37.1 Å². The highest BCUT2D eigenvalue weighted by atomic mass is 16.5. The first-order valence-corrected chi connectivity index (χ1v) is 11.3. The van der Waals surface area contributed by atoms with E-state index in [2.05, 4.69) is 25.6 Å². The molecular weight excluding hydrogens is 466 g/mol. The molecule has 0 unspecified atom stereocenters. The number of nitrogens with one attached hydrogen (secondary N) is 1. The van der Waals surface area contributed by atoms with Crippen LogP contribution < -0.4 is 25.1 Å². The van der Waals surface area contributed by atoms with Gasteiger partial charge in [-0.25, -0.2) is 4.98 Å². The summed E-state index contributed by atoms with van der Waals surface area (Å²) in [5.41, 5.74) is 1.71. The standard InChI is InChI=1S/C24H27N7O5/c1-15(2)17-12-23(33)30(14-26-17)13-21(32)25-9-10-36-22-8-7-20-27-28-24(31(20)29-22)16-5-6-18(34-3)19(11-16)35-4/h5-8,11-12,14-15H,9-10,13H2,1-4H3,(H,25,32). The lowest BCUT2D eigenvalue weighted by molar-refractivity contribution is -0.121. The van der Waals surface area contributed by atoms with Crippen molar-refractivity contribution in [2.45, 2.75) is 26.3 Å². The lowest BCUT2D eigenvalue weighted by Crippen LogP contribution is -2.34. The average molecular weight is 494 g/mol. The van der Waals surface area contributed by atoms with Gasteiger partial charge in [0, 0.05) is 17.7 Å². The van der Waals surface area contributed by atoms with Crippen molar-refractivity contribution in [2.75, 3.05) is 27.4 Å². The van der Waals surface area contributed by atoms with Crippen LogP contribution in [0.15, 0.2) is 47.5 Å². The summed E-state index contributed by atoms with van der Waals surface area (Å²) >= 11 is 0. The fourth-order valence-electron chi connectivity index (χ4n) is 3.44. The Bertz CT molecular complexity index is 1430. The summed E-state index contributed by atoms with van der Waals surface area (Å²) in [5, 5.41) is 15.6. The van der Waals surface area contributed by atoms with E-state index in [0.717, 1.165) is 5.56 Å². The second-order valence-corrected chi connectivity index (χ2v) is 8.17. The molecule has 12 heteroatoms. The van der Waals surface area contributed by atoms with Crippen LogP contribution in [0, 0.1) is 0 Å². The molecule has 0 aliphatic heterocycles. The van der Waals surface area contributed by atoms with Crippen LogP contribution in [0.5, 0.6) is 17.4 Å². The predicted molar refractivity (Wildman–Crippen MR) is 130 cm³/mol. The van der Waals surface area contributed by atoms with Gasteiger partial charge in [-0.1, -0.05) is 13.8 Å². The number of carbonyl (C=O) groups excluding carboxylic acids is 1.